The van der Waals surface area contributed by atoms with Crippen LogP contribution in [0.3, 0.4) is 0 Å². The van der Waals surface area contributed by atoms with Gasteiger partial charge in [-0.3, -0.25) is 9.59 Å². The number of carbonyl (C=O) groups excluding carboxylic acids is 2. The maximum atomic E-state index is 12.2. The number of benzene rings is 1. The molecule has 0 aliphatic heterocycles. The van der Waals surface area contributed by atoms with E-state index in [0.29, 0.717) is 24.1 Å². The Kier molecular flexibility index (Phi) is 4.86. The molecule has 1 aromatic carbocycles. The van der Waals surface area contributed by atoms with Crippen molar-refractivity contribution in [2.75, 3.05) is 5.32 Å². The average Bonchev–Trinajstić information content (AvgIpc) is 2.83. The molecule has 2 atom stereocenters. The van der Waals surface area contributed by atoms with Crippen LogP contribution in [0.15, 0.2) is 24.3 Å². The lowest BCUT2D eigenvalue weighted by Crippen LogP contribution is -2.40. The lowest BCUT2D eigenvalue weighted by Gasteiger charge is -2.21. The van der Waals surface area contributed by atoms with Crippen LogP contribution in [-0.2, 0) is 4.79 Å². The molecule has 0 heterocycles. The molecule has 0 radical (unpaired) electrons. The van der Waals surface area contributed by atoms with Crippen LogP contribution in [0.5, 0.6) is 0 Å². The molecular formula is C17H24N2O3. The molecule has 2 unspecified atom stereocenters. The molecule has 3 N–H and O–H groups in total. The summed E-state index contributed by atoms with van der Waals surface area (Å²) in [7, 11) is 0. The Bertz CT molecular complexity index is 563. The van der Waals surface area contributed by atoms with Crippen LogP contribution >= 0.6 is 0 Å². The lowest BCUT2D eigenvalue weighted by molar-refractivity contribution is -0.122. The van der Waals surface area contributed by atoms with Gasteiger partial charge in [0.1, 0.15) is 0 Å². The topological polar surface area (TPSA) is 78.4 Å². The molecule has 1 aliphatic carbocycles. The number of carbonyl (C=O) groups is 2. The number of anilines is 1. The minimum absolute atomic E-state index is 0.176. The number of amides is 2. The monoisotopic (exact) mass is 304 g/mol. The smallest absolute Gasteiger partial charge is 0.251 e. The van der Waals surface area contributed by atoms with Crippen molar-refractivity contribution >= 4 is 17.5 Å². The number of rotatable bonds is 3. The summed E-state index contributed by atoms with van der Waals surface area (Å²) in [5.41, 5.74) is 0.759. The molecule has 0 aromatic heterocycles. The van der Waals surface area contributed by atoms with Crippen molar-refractivity contribution in [1.82, 2.24) is 5.32 Å². The minimum Gasteiger partial charge on any atom is -0.392 e. The molecule has 2 amide bonds. The van der Waals surface area contributed by atoms with Crippen molar-refractivity contribution in [2.45, 2.75) is 51.7 Å². The first-order chi connectivity index (χ1) is 10.3. The third-order valence-electron chi connectivity index (χ3n) is 3.70. The van der Waals surface area contributed by atoms with Crippen LogP contribution in [0.2, 0.25) is 0 Å². The Hall–Kier alpha value is -1.88. The summed E-state index contributed by atoms with van der Waals surface area (Å²) in [4.78, 5) is 24.3. The van der Waals surface area contributed by atoms with Crippen LogP contribution in [-0.4, -0.2) is 28.6 Å². The molecule has 5 nitrogen and oxygen atoms in total. The zero-order chi connectivity index (χ0) is 16.3. The highest BCUT2D eigenvalue weighted by Gasteiger charge is 2.31. The van der Waals surface area contributed by atoms with E-state index >= 15 is 0 Å². The maximum absolute atomic E-state index is 12.2. The first kappa shape index (κ1) is 16.5. The van der Waals surface area contributed by atoms with E-state index in [0.717, 1.165) is 6.42 Å². The Morgan fingerprint density at radius 2 is 1.95 bits per heavy atom. The number of aliphatic hydroxyl groups excluding tert-OH is 1. The lowest BCUT2D eigenvalue weighted by atomic mass is 10.0. The van der Waals surface area contributed by atoms with Gasteiger partial charge in [0.25, 0.3) is 5.91 Å². The van der Waals surface area contributed by atoms with Crippen molar-refractivity contribution < 1.29 is 14.7 Å². The average molecular weight is 304 g/mol. The highest BCUT2D eigenvalue weighted by molar-refractivity contribution is 5.98. The molecule has 0 saturated heterocycles. The van der Waals surface area contributed by atoms with E-state index in [1.807, 2.05) is 20.8 Å². The van der Waals surface area contributed by atoms with Crippen molar-refractivity contribution in [3.05, 3.63) is 29.8 Å². The standard InChI is InChI=1S/C17H24N2O3/c1-17(2,3)19-15(21)11-6-4-7-12(10-11)18-16(22)13-8-5-9-14(13)20/h4,6-7,10,13-14,20H,5,8-9H2,1-3H3,(H,18,22)(H,19,21). The van der Waals surface area contributed by atoms with E-state index in [2.05, 4.69) is 10.6 Å². The third kappa shape index (κ3) is 4.31. The van der Waals surface area contributed by atoms with E-state index in [9.17, 15) is 14.7 Å². The predicted octanol–water partition coefficient (Wildman–Crippen LogP) is 2.31. The van der Waals surface area contributed by atoms with Gasteiger partial charge in [-0.15, -0.1) is 0 Å². The van der Waals surface area contributed by atoms with Gasteiger partial charge < -0.3 is 15.7 Å². The van der Waals surface area contributed by atoms with E-state index in [-0.39, 0.29) is 23.3 Å². The van der Waals surface area contributed by atoms with Gasteiger partial charge in [0.05, 0.1) is 12.0 Å². The summed E-state index contributed by atoms with van der Waals surface area (Å²) >= 11 is 0. The van der Waals surface area contributed by atoms with E-state index < -0.39 is 6.10 Å². The second-order valence-electron chi connectivity index (χ2n) is 6.88. The third-order valence-corrected chi connectivity index (χ3v) is 3.70. The summed E-state index contributed by atoms with van der Waals surface area (Å²) in [5, 5.41) is 15.5. The highest BCUT2D eigenvalue weighted by Crippen LogP contribution is 2.26. The summed E-state index contributed by atoms with van der Waals surface area (Å²) in [6.45, 7) is 5.74. The molecule has 5 heteroatoms. The number of aliphatic hydroxyl groups is 1. The van der Waals surface area contributed by atoms with Crippen LogP contribution in [0.25, 0.3) is 0 Å². The second-order valence-corrected chi connectivity index (χ2v) is 6.88. The van der Waals surface area contributed by atoms with Crippen LogP contribution in [0, 0.1) is 5.92 Å². The molecular weight excluding hydrogens is 280 g/mol. The normalized spacial score (nSPS) is 21.5. The molecule has 120 valence electrons. The quantitative estimate of drug-likeness (QED) is 0.802. The van der Waals surface area contributed by atoms with Gasteiger partial charge in [-0.05, 0) is 58.2 Å². The van der Waals surface area contributed by atoms with Crippen molar-refractivity contribution in [3.63, 3.8) is 0 Å². The van der Waals surface area contributed by atoms with Gasteiger partial charge in [0.2, 0.25) is 5.91 Å². The predicted molar refractivity (Wildman–Crippen MR) is 85.6 cm³/mol. The summed E-state index contributed by atoms with van der Waals surface area (Å²) in [6, 6.07) is 6.84. The number of nitrogens with one attached hydrogen (secondary N) is 2. The minimum atomic E-state index is -0.563. The van der Waals surface area contributed by atoms with Gasteiger partial charge in [0, 0.05) is 16.8 Å². The van der Waals surface area contributed by atoms with Crippen molar-refractivity contribution in [2.24, 2.45) is 5.92 Å². The molecule has 0 spiro atoms. The van der Waals surface area contributed by atoms with E-state index in [1.54, 1.807) is 24.3 Å². The fourth-order valence-corrected chi connectivity index (χ4v) is 2.63. The van der Waals surface area contributed by atoms with E-state index in [1.165, 1.54) is 0 Å². The Balaban J connectivity index is 2.05. The van der Waals surface area contributed by atoms with E-state index in [4.69, 9.17) is 0 Å². The van der Waals surface area contributed by atoms with Gasteiger partial charge in [-0.1, -0.05) is 6.07 Å². The summed E-state index contributed by atoms with van der Waals surface area (Å²) < 4.78 is 0. The Labute approximate surface area is 131 Å². The highest BCUT2D eigenvalue weighted by atomic mass is 16.3. The largest absolute Gasteiger partial charge is 0.392 e. The number of hydrogen-bond donors (Lipinski definition) is 3. The second kappa shape index (κ2) is 6.48. The summed E-state index contributed by atoms with van der Waals surface area (Å²) in [6.07, 6.45) is 1.68. The van der Waals surface area contributed by atoms with Gasteiger partial charge in [-0.2, -0.15) is 0 Å². The Morgan fingerprint density at radius 1 is 1.23 bits per heavy atom. The van der Waals surface area contributed by atoms with Gasteiger partial charge in [0.15, 0.2) is 0 Å². The maximum Gasteiger partial charge on any atom is 0.251 e. The number of hydrogen-bond acceptors (Lipinski definition) is 3. The zero-order valence-corrected chi connectivity index (χ0v) is 13.3. The van der Waals surface area contributed by atoms with Crippen LogP contribution in [0.4, 0.5) is 5.69 Å². The van der Waals surface area contributed by atoms with Crippen molar-refractivity contribution in [3.8, 4) is 0 Å². The molecule has 2 rings (SSSR count). The van der Waals surface area contributed by atoms with Gasteiger partial charge in [-0.25, -0.2) is 0 Å². The van der Waals surface area contributed by atoms with Crippen LogP contribution in [0.1, 0.15) is 50.4 Å². The summed E-state index contributed by atoms with van der Waals surface area (Å²) in [5.74, 6) is -0.713. The molecule has 22 heavy (non-hydrogen) atoms. The zero-order valence-electron chi connectivity index (χ0n) is 13.3. The molecule has 1 aliphatic rings. The molecule has 1 fully saturated rings. The molecule has 1 aromatic rings. The van der Waals surface area contributed by atoms with Gasteiger partial charge >= 0.3 is 0 Å². The Morgan fingerprint density at radius 3 is 2.55 bits per heavy atom. The fourth-order valence-electron chi connectivity index (χ4n) is 2.63. The molecule has 1 saturated carbocycles. The molecule has 0 bridgehead atoms. The SMILES string of the molecule is CC(C)(C)NC(=O)c1cccc(NC(=O)C2CCCC2O)c1. The fraction of sp³-hybridized carbons (Fsp3) is 0.529. The first-order valence-corrected chi connectivity index (χ1v) is 7.68. The first-order valence-electron chi connectivity index (χ1n) is 7.68. The van der Waals surface area contributed by atoms with Crippen molar-refractivity contribution in [1.29, 1.82) is 0 Å². The van der Waals surface area contributed by atoms with Crippen LogP contribution < -0.4 is 10.6 Å².